The van der Waals surface area contributed by atoms with Crippen molar-refractivity contribution in [2.75, 3.05) is 32.7 Å². The summed E-state index contributed by atoms with van der Waals surface area (Å²) >= 11 is 1.58. The van der Waals surface area contributed by atoms with E-state index in [1.165, 1.54) is 4.90 Å². The van der Waals surface area contributed by atoms with Crippen LogP contribution >= 0.6 is 11.3 Å². The van der Waals surface area contributed by atoms with Gasteiger partial charge in [0.25, 0.3) is 0 Å². The number of aliphatic hydroxyl groups is 1. The van der Waals surface area contributed by atoms with Crippen molar-refractivity contribution in [3.8, 4) is 61.3 Å². The Morgan fingerprint density at radius 1 is 0.873 bits per heavy atom. The number of aromatic nitrogens is 2. The first-order valence-electron chi connectivity index (χ1n) is 24.1. The van der Waals surface area contributed by atoms with Gasteiger partial charge in [-0.15, -0.1) is 11.3 Å². The third-order valence-corrected chi connectivity index (χ3v) is 14.1. The number of nitrogens with zero attached hydrogens (tertiary/aromatic N) is 3. The Morgan fingerprint density at radius 2 is 1.59 bits per heavy atom. The molecule has 2 aliphatic heterocycles. The fourth-order valence-electron chi connectivity index (χ4n) is 9.26. The zero-order valence-electron chi connectivity index (χ0n) is 41.3. The van der Waals surface area contributed by atoms with Crippen molar-refractivity contribution < 1.29 is 38.5 Å². The summed E-state index contributed by atoms with van der Waals surface area (Å²) in [4.78, 5) is 66.5. The molecule has 71 heavy (non-hydrogen) atoms. The average Bonchev–Trinajstić information content (AvgIpc) is 3.95. The molecule has 0 unspecified atom stereocenters. The van der Waals surface area contributed by atoms with Crippen molar-refractivity contribution in [1.29, 1.82) is 0 Å². The second-order valence-corrected chi connectivity index (χ2v) is 20.1. The van der Waals surface area contributed by atoms with Crippen molar-refractivity contribution in [1.82, 2.24) is 25.5 Å². The fraction of sp³-hybridized carbons (Fsp3) is 0.357. The number of aliphatic hydroxyl groups excluding tert-OH is 1. The van der Waals surface area contributed by atoms with Gasteiger partial charge in [0.2, 0.25) is 23.6 Å². The summed E-state index contributed by atoms with van der Waals surface area (Å²) in [5.41, 5.74) is 10.5. The summed E-state index contributed by atoms with van der Waals surface area (Å²) < 4.78 is 17.3. The lowest BCUT2D eigenvalue weighted by Crippen LogP contribution is -2.57. The van der Waals surface area contributed by atoms with E-state index in [1.807, 2.05) is 137 Å². The number of hydrogen-bond acceptors (Lipinski definition) is 11. The molecule has 0 bridgehead atoms. The molecule has 2 aromatic heterocycles. The molecule has 4 aromatic carbocycles. The minimum atomic E-state index is -0.905. The maximum absolute atomic E-state index is 14.2. The van der Waals surface area contributed by atoms with Crippen molar-refractivity contribution in [3.05, 3.63) is 119 Å². The number of amides is 4. The first kappa shape index (κ1) is 50.3. The molecule has 14 nitrogen and oxygen atoms in total. The van der Waals surface area contributed by atoms with Crippen molar-refractivity contribution in [3.63, 3.8) is 0 Å². The van der Waals surface area contributed by atoms with Crippen molar-refractivity contribution >= 4 is 40.7 Å². The molecule has 4 atom stereocenters. The SMILES string of the molecule is COc1ccc(-c2cc(-c3ccc(OCCCCCC(=O)N[C@H](C(=O)N4C[C@H](O)C[C@H]4C(=O)N[C@@H](C)c4ccc(-c5scnc5C)cc4)C(C)(C)C)cc3)nc3c2CC(=O)Nc2ccccc2-3)cc1OC. The molecule has 0 aliphatic carbocycles. The number of rotatable bonds is 17. The lowest BCUT2D eigenvalue weighted by molar-refractivity contribution is -0.144. The molecule has 0 spiro atoms. The first-order chi connectivity index (χ1) is 34.1. The Hall–Kier alpha value is -7.10. The third kappa shape index (κ3) is 11.6. The van der Waals surface area contributed by atoms with Gasteiger partial charge in [0, 0.05) is 30.5 Å². The number of carbonyl (C=O) groups excluding carboxylic acids is 4. The summed E-state index contributed by atoms with van der Waals surface area (Å²) in [5, 5.41) is 19.8. The molecular formula is C56H62N6O8S. The van der Waals surface area contributed by atoms with Crippen LogP contribution in [0.15, 0.2) is 103 Å². The Balaban J connectivity index is 0.849. The van der Waals surface area contributed by atoms with Gasteiger partial charge in [-0.3, -0.25) is 19.2 Å². The normalized spacial score (nSPS) is 16.2. The number of thiazole rings is 1. The largest absolute Gasteiger partial charge is 0.494 e. The predicted octanol–water partition coefficient (Wildman–Crippen LogP) is 9.34. The van der Waals surface area contributed by atoms with E-state index < -0.39 is 29.5 Å². The van der Waals surface area contributed by atoms with Gasteiger partial charge < -0.3 is 40.2 Å². The number of pyridine rings is 1. The van der Waals surface area contributed by atoms with E-state index in [1.54, 1.807) is 25.6 Å². The number of methoxy groups -OCH3 is 2. The molecule has 4 N–H and O–H groups in total. The van der Waals surface area contributed by atoms with E-state index in [9.17, 15) is 24.3 Å². The van der Waals surface area contributed by atoms with Gasteiger partial charge in [-0.1, -0.05) is 69.3 Å². The maximum Gasteiger partial charge on any atom is 0.246 e. The van der Waals surface area contributed by atoms with Gasteiger partial charge in [-0.05, 0) is 115 Å². The average molecular weight is 979 g/mol. The fourth-order valence-corrected chi connectivity index (χ4v) is 10.1. The van der Waals surface area contributed by atoms with E-state index in [4.69, 9.17) is 19.2 Å². The minimum Gasteiger partial charge on any atom is -0.494 e. The van der Waals surface area contributed by atoms with E-state index in [0.717, 1.165) is 67.3 Å². The number of ether oxygens (including phenoxy) is 3. The number of anilines is 1. The van der Waals surface area contributed by atoms with E-state index >= 15 is 0 Å². The van der Waals surface area contributed by atoms with Crippen LogP contribution in [-0.2, 0) is 25.6 Å². The van der Waals surface area contributed by atoms with Gasteiger partial charge >= 0.3 is 0 Å². The lowest BCUT2D eigenvalue weighted by atomic mass is 9.85. The molecule has 4 amide bonds. The Kier molecular flexibility index (Phi) is 15.5. The summed E-state index contributed by atoms with van der Waals surface area (Å²) in [6.45, 7) is 9.94. The topological polar surface area (TPSA) is 181 Å². The summed E-state index contributed by atoms with van der Waals surface area (Å²) in [7, 11) is 3.19. The number of likely N-dealkylation sites (tertiary alicyclic amines) is 1. The Labute approximate surface area is 419 Å². The summed E-state index contributed by atoms with van der Waals surface area (Å²) in [6.07, 6.45) is 1.63. The molecule has 0 saturated carbocycles. The Bertz CT molecular complexity index is 2890. The molecule has 15 heteroatoms. The van der Waals surface area contributed by atoms with E-state index in [-0.39, 0.29) is 49.6 Å². The highest BCUT2D eigenvalue weighted by molar-refractivity contribution is 7.13. The molecule has 8 rings (SSSR count). The number of β-amino-alcohol motifs (C(OH)–C–C–N with tert-alkyl or cyclic N) is 1. The molecule has 0 radical (unpaired) electrons. The lowest BCUT2D eigenvalue weighted by Gasteiger charge is -2.35. The number of fused-ring (bicyclic) bond motifs is 3. The minimum absolute atomic E-state index is 0.00191. The molecule has 1 saturated heterocycles. The van der Waals surface area contributed by atoms with Crippen LogP contribution in [0.25, 0.3) is 44.1 Å². The first-order valence-corrected chi connectivity index (χ1v) is 25.0. The standard InChI is InChI=1S/C56H62N6O8S/c1-33(35-16-18-37(19-17-35)52-34(2)57-32-71-52)58-54(66)46-28-39(63)31-62(46)55(67)53(56(3,4)5)61-49(64)15-9-8-12-26-70-40-23-20-36(21-24-40)45-29-42(38-22-25-47(68-6)48(27-38)69-7)43-30-50(65)59-44-14-11-10-13-41(44)51(43)60-45/h10-11,13-14,16-25,27,29,32-33,39,46,53,63H,8-9,12,15,26,28,30-31H2,1-7H3,(H,58,66)(H,59,65)(H,61,64)/t33-,39+,46-,53+/m0/s1. The maximum atomic E-state index is 14.2. The van der Waals surface area contributed by atoms with Crippen LogP contribution < -0.4 is 30.2 Å². The van der Waals surface area contributed by atoms with E-state index in [2.05, 4.69) is 20.9 Å². The number of carbonyl (C=O) groups is 4. The van der Waals surface area contributed by atoms with Crippen molar-refractivity contribution in [2.45, 2.75) is 97.4 Å². The summed E-state index contributed by atoms with van der Waals surface area (Å²) in [5.74, 6) is 0.743. The third-order valence-electron chi connectivity index (χ3n) is 13.1. The molecular weight excluding hydrogens is 917 g/mol. The Morgan fingerprint density at radius 3 is 2.30 bits per heavy atom. The highest BCUT2D eigenvalue weighted by Crippen LogP contribution is 2.42. The summed E-state index contributed by atoms with van der Waals surface area (Å²) in [6, 6.07) is 29.0. The van der Waals surface area contributed by atoms with Crippen LogP contribution in [0.5, 0.6) is 17.2 Å². The second-order valence-electron chi connectivity index (χ2n) is 19.3. The van der Waals surface area contributed by atoms with Crippen LogP contribution in [0, 0.1) is 12.3 Å². The van der Waals surface area contributed by atoms with Gasteiger partial charge in [-0.2, -0.15) is 0 Å². The van der Waals surface area contributed by atoms with Crippen LogP contribution in [0.4, 0.5) is 5.69 Å². The smallest absolute Gasteiger partial charge is 0.246 e. The molecule has 4 heterocycles. The highest BCUT2D eigenvalue weighted by atomic mass is 32.1. The van der Waals surface area contributed by atoms with Crippen LogP contribution in [0.2, 0.25) is 0 Å². The van der Waals surface area contributed by atoms with Crippen molar-refractivity contribution in [2.24, 2.45) is 5.41 Å². The molecule has 1 fully saturated rings. The predicted molar refractivity (Wildman–Crippen MR) is 276 cm³/mol. The molecule has 2 aliphatic rings. The molecule has 370 valence electrons. The van der Waals surface area contributed by atoms with Gasteiger partial charge in [0.1, 0.15) is 17.8 Å². The zero-order valence-corrected chi connectivity index (χ0v) is 42.2. The highest BCUT2D eigenvalue weighted by Gasteiger charge is 2.44. The zero-order chi connectivity index (χ0) is 50.4. The van der Waals surface area contributed by atoms with Gasteiger partial charge in [-0.25, -0.2) is 9.97 Å². The van der Waals surface area contributed by atoms with E-state index in [0.29, 0.717) is 42.4 Å². The quantitative estimate of drug-likeness (QED) is 0.0643. The number of nitrogens with one attached hydrogen (secondary N) is 3. The number of hydrogen-bond donors (Lipinski definition) is 4. The number of unbranched alkanes of at least 4 members (excludes halogenated alkanes) is 2. The number of aryl methyl sites for hydroxylation is 1. The number of para-hydroxylation sites is 1. The monoisotopic (exact) mass is 978 g/mol. The van der Waals surface area contributed by atoms with Crippen LogP contribution in [0.1, 0.15) is 82.7 Å². The van der Waals surface area contributed by atoms with Gasteiger partial charge in [0.15, 0.2) is 11.5 Å². The van der Waals surface area contributed by atoms with Crippen LogP contribution in [0.3, 0.4) is 0 Å². The van der Waals surface area contributed by atoms with Gasteiger partial charge in [0.05, 0.1) is 72.5 Å². The number of benzene rings is 4. The second kappa shape index (κ2) is 21.9. The van der Waals surface area contributed by atoms with Crippen LogP contribution in [-0.4, -0.2) is 89.2 Å². The molecule has 6 aromatic rings.